The topological polar surface area (TPSA) is 98.8 Å². The number of hydrogen-bond donors (Lipinski definition) is 2. The Balaban J connectivity index is 1.40. The zero-order valence-corrected chi connectivity index (χ0v) is 22.4. The van der Waals surface area contributed by atoms with Crippen LogP contribution in [0.2, 0.25) is 0 Å². The summed E-state index contributed by atoms with van der Waals surface area (Å²) in [5, 5.41) is 5.53. The predicted octanol–water partition coefficient (Wildman–Crippen LogP) is 4.27. The van der Waals surface area contributed by atoms with Crippen LogP contribution in [-0.2, 0) is 4.79 Å². The lowest BCUT2D eigenvalue weighted by molar-refractivity contribution is -0.127. The van der Waals surface area contributed by atoms with Gasteiger partial charge in [0, 0.05) is 24.2 Å². The average molecular weight is 547 g/mol. The molecule has 1 atom stereocenters. The third-order valence-corrected chi connectivity index (χ3v) is 7.06. The van der Waals surface area contributed by atoms with E-state index in [1.807, 2.05) is 66.7 Å². The number of rotatable bonds is 6. The van der Waals surface area contributed by atoms with Crippen LogP contribution in [0, 0.1) is 0 Å². The van der Waals surface area contributed by atoms with Crippen LogP contribution in [0.25, 0.3) is 0 Å². The van der Waals surface area contributed by atoms with Gasteiger partial charge in [-0.3, -0.25) is 19.7 Å². The van der Waals surface area contributed by atoms with Gasteiger partial charge in [0.25, 0.3) is 11.8 Å². The van der Waals surface area contributed by atoms with Crippen LogP contribution >= 0.6 is 0 Å². The summed E-state index contributed by atoms with van der Waals surface area (Å²) >= 11 is 0. The van der Waals surface area contributed by atoms with E-state index in [0.717, 1.165) is 11.1 Å². The Hall–Kier alpha value is -5.24. The molecule has 5 rings (SSSR count). The highest BCUT2D eigenvalue weighted by atomic mass is 16.2. The lowest BCUT2D eigenvalue weighted by Crippen LogP contribution is -2.63. The van der Waals surface area contributed by atoms with Crippen molar-refractivity contribution in [2.45, 2.75) is 12.1 Å². The fraction of sp³-hybridized carbons (Fsp3) is 0.152. The first kappa shape index (κ1) is 27.3. The number of amides is 5. The Kier molecular flexibility index (Phi) is 8.49. The minimum Gasteiger partial charge on any atom is -0.343 e. The molecule has 1 unspecified atom stereocenters. The summed E-state index contributed by atoms with van der Waals surface area (Å²) < 4.78 is 0. The zero-order valence-electron chi connectivity index (χ0n) is 22.4. The van der Waals surface area contributed by atoms with Crippen LogP contribution in [0.4, 0.5) is 4.79 Å². The molecule has 41 heavy (non-hydrogen) atoms. The quantitative estimate of drug-likeness (QED) is 0.377. The summed E-state index contributed by atoms with van der Waals surface area (Å²) in [6, 6.07) is 34.3. The smallest absolute Gasteiger partial charge is 0.324 e. The lowest BCUT2D eigenvalue weighted by Gasteiger charge is -2.41. The minimum atomic E-state index is -0.982. The van der Waals surface area contributed by atoms with Crippen molar-refractivity contribution in [1.29, 1.82) is 0 Å². The van der Waals surface area contributed by atoms with E-state index >= 15 is 0 Å². The second-order valence-electron chi connectivity index (χ2n) is 9.71. The van der Waals surface area contributed by atoms with E-state index < -0.39 is 29.9 Å². The molecular weight excluding hydrogens is 516 g/mol. The Bertz CT molecular complexity index is 1460. The van der Waals surface area contributed by atoms with Crippen molar-refractivity contribution in [2.24, 2.45) is 0 Å². The largest absolute Gasteiger partial charge is 0.343 e. The molecule has 1 fully saturated rings. The minimum absolute atomic E-state index is 0.0748. The first-order valence-corrected chi connectivity index (χ1v) is 13.4. The molecule has 8 heteroatoms. The van der Waals surface area contributed by atoms with E-state index in [1.54, 1.807) is 54.6 Å². The van der Waals surface area contributed by atoms with Crippen molar-refractivity contribution in [3.05, 3.63) is 144 Å². The van der Waals surface area contributed by atoms with Gasteiger partial charge in [0.1, 0.15) is 6.04 Å². The van der Waals surface area contributed by atoms with Gasteiger partial charge in [0.05, 0.1) is 12.6 Å². The van der Waals surface area contributed by atoms with Crippen molar-refractivity contribution in [3.63, 3.8) is 0 Å². The molecule has 0 radical (unpaired) electrons. The summed E-state index contributed by atoms with van der Waals surface area (Å²) in [6.07, 6.45) is 0. The molecule has 5 amide bonds. The van der Waals surface area contributed by atoms with Crippen molar-refractivity contribution < 1.29 is 19.2 Å². The number of nitrogens with zero attached hydrogens (tertiary/aromatic N) is 2. The number of urea groups is 1. The van der Waals surface area contributed by atoms with Gasteiger partial charge in [-0.2, -0.15) is 0 Å². The highest BCUT2D eigenvalue weighted by molar-refractivity contribution is 6.04. The lowest BCUT2D eigenvalue weighted by atomic mass is 9.98. The summed E-state index contributed by atoms with van der Waals surface area (Å²) in [7, 11) is 0. The molecule has 1 saturated heterocycles. The van der Waals surface area contributed by atoms with Gasteiger partial charge in [-0.25, -0.2) is 4.79 Å². The fourth-order valence-electron chi connectivity index (χ4n) is 4.91. The molecule has 8 nitrogen and oxygen atoms in total. The molecule has 1 aliphatic rings. The molecule has 4 aromatic carbocycles. The van der Waals surface area contributed by atoms with Crippen LogP contribution in [0.3, 0.4) is 0 Å². The number of hydrogen-bond acceptors (Lipinski definition) is 4. The number of nitrogens with one attached hydrogen (secondary N) is 2. The van der Waals surface area contributed by atoms with Crippen LogP contribution in [0.1, 0.15) is 37.9 Å². The summed E-state index contributed by atoms with van der Waals surface area (Å²) in [6.45, 7) is 0.214. The van der Waals surface area contributed by atoms with Crippen molar-refractivity contribution >= 4 is 23.8 Å². The van der Waals surface area contributed by atoms with Crippen LogP contribution < -0.4 is 10.6 Å². The molecule has 1 heterocycles. The zero-order chi connectivity index (χ0) is 28.6. The summed E-state index contributed by atoms with van der Waals surface area (Å²) in [5.41, 5.74) is 2.56. The van der Waals surface area contributed by atoms with E-state index in [1.165, 1.54) is 9.80 Å². The van der Waals surface area contributed by atoms with Crippen LogP contribution in [0.5, 0.6) is 0 Å². The maximum Gasteiger partial charge on any atom is 0.324 e. The summed E-state index contributed by atoms with van der Waals surface area (Å²) in [5.74, 6) is -1.24. The molecule has 206 valence electrons. The van der Waals surface area contributed by atoms with E-state index in [-0.39, 0.29) is 25.5 Å². The molecule has 0 spiro atoms. The van der Waals surface area contributed by atoms with Gasteiger partial charge in [-0.15, -0.1) is 0 Å². The highest BCUT2D eigenvalue weighted by Crippen LogP contribution is 2.23. The van der Waals surface area contributed by atoms with Gasteiger partial charge in [-0.05, 0) is 35.4 Å². The Morgan fingerprint density at radius 2 is 1.12 bits per heavy atom. The molecular formula is C33H30N4O4. The second-order valence-corrected chi connectivity index (χ2v) is 9.71. The van der Waals surface area contributed by atoms with Crippen LogP contribution in [-0.4, -0.2) is 59.2 Å². The Morgan fingerprint density at radius 1 is 0.634 bits per heavy atom. The Labute approximate surface area is 238 Å². The van der Waals surface area contributed by atoms with E-state index in [0.29, 0.717) is 11.1 Å². The number of carbonyl (C=O) groups is 4. The van der Waals surface area contributed by atoms with Crippen LogP contribution in [0.15, 0.2) is 121 Å². The van der Waals surface area contributed by atoms with Gasteiger partial charge in [-0.1, -0.05) is 97.1 Å². The molecule has 0 saturated carbocycles. The van der Waals surface area contributed by atoms with Gasteiger partial charge in [0.15, 0.2) is 0 Å². The molecule has 0 aliphatic carbocycles. The molecule has 0 aromatic heterocycles. The van der Waals surface area contributed by atoms with Crippen molar-refractivity contribution in [2.75, 3.05) is 19.6 Å². The van der Waals surface area contributed by atoms with Gasteiger partial charge in [0.2, 0.25) is 5.91 Å². The highest BCUT2D eigenvalue weighted by Gasteiger charge is 2.38. The first-order valence-electron chi connectivity index (χ1n) is 13.4. The first-order chi connectivity index (χ1) is 20.0. The molecule has 4 aromatic rings. The SMILES string of the molecule is O=C(NC(=O)N1CCN(C(=O)c2ccccc2)C(C(=O)NC(c2ccccc2)c2ccccc2)C1)c1ccccc1. The van der Waals surface area contributed by atoms with E-state index in [4.69, 9.17) is 0 Å². The molecule has 0 bridgehead atoms. The number of carbonyl (C=O) groups excluding carboxylic acids is 4. The van der Waals surface area contributed by atoms with Gasteiger partial charge >= 0.3 is 6.03 Å². The monoisotopic (exact) mass is 546 g/mol. The van der Waals surface area contributed by atoms with Gasteiger partial charge < -0.3 is 15.1 Å². The third kappa shape index (κ3) is 6.50. The molecule has 1 aliphatic heterocycles. The standard InChI is InChI=1S/C33H30N4O4/c38-30(26-17-9-3-10-18-26)35-33(41)36-21-22-37(32(40)27-19-11-4-12-20-27)28(23-36)31(39)34-29(24-13-5-1-6-14-24)25-15-7-2-8-16-25/h1-20,28-29H,21-23H2,(H,34,39)(H,35,38,41). The normalized spacial score (nSPS) is 14.8. The van der Waals surface area contributed by atoms with Crippen molar-refractivity contribution in [1.82, 2.24) is 20.4 Å². The number of benzene rings is 4. The van der Waals surface area contributed by atoms with E-state index in [2.05, 4.69) is 10.6 Å². The third-order valence-electron chi connectivity index (χ3n) is 7.06. The number of piperazine rings is 1. The van der Waals surface area contributed by atoms with E-state index in [9.17, 15) is 19.2 Å². The Morgan fingerprint density at radius 3 is 1.66 bits per heavy atom. The fourth-order valence-corrected chi connectivity index (χ4v) is 4.91. The van der Waals surface area contributed by atoms with Crippen molar-refractivity contribution in [3.8, 4) is 0 Å². The molecule has 2 N–H and O–H groups in total. The maximum absolute atomic E-state index is 14.0. The predicted molar refractivity (Wildman–Crippen MR) is 155 cm³/mol. The summed E-state index contributed by atoms with van der Waals surface area (Å²) in [4.78, 5) is 56.2. The number of imide groups is 1. The maximum atomic E-state index is 14.0. The average Bonchev–Trinajstić information content (AvgIpc) is 3.04. The second kappa shape index (κ2) is 12.7.